The lowest BCUT2D eigenvalue weighted by Crippen LogP contribution is -2.11. The van der Waals surface area contributed by atoms with E-state index in [0.29, 0.717) is 6.61 Å². The fourth-order valence-electron chi connectivity index (χ4n) is 2.00. The van der Waals surface area contributed by atoms with E-state index in [1.165, 1.54) is 0 Å². The summed E-state index contributed by atoms with van der Waals surface area (Å²) in [4.78, 5) is 0. The molecule has 102 valence electrons. The molecule has 0 amide bonds. The number of methoxy groups -OCH3 is 1. The molecule has 0 radical (unpaired) electrons. The minimum absolute atomic E-state index is 0.400. The molecule has 0 saturated heterocycles. The summed E-state index contributed by atoms with van der Waals surface area (Å²) in [6.07, 6.45) is 0. The number of hydrogen-bond donors (Lipinski definition) is 1. The molecule has 3 nitrogen and oxygen atoms in total. The molecule has 1 atom stereocenters. The summed E-state index contributed by atoms with van der Waals surface area (Å²) >= 11 is 3.40. The van der Waals surface area contributed by atoms with Crippen molar-refractivity contribution in [1.82, 2.24) is 0 Å². The molecule has 0 aliphatic rings. The van der Waals surface area contributed by atoms with Crippen molar-refractivity contribution in [3.63, 3.8) is 0 Å². The molecule has 0 saturated carbocycles. The van der Waals surface area contributed by atoms with Gasteiger partial charge in [-0.3, -0.25) is 0 Å². The highest BCUT2D eigenvalue weighted by atomic mass is 79.9. The number of hydrogen-bond acceptors (Lipinski definition) is 3. The van der Waals surface area contributed by atoms with Crippen molar-refractivity contribution in [3.05, 3.63) is 64.1 Å². The van der Waals surface area contributed by atoms with Gasteiger partial charge in [0.15, 0.2) is 0 Å². The van der Waals surface area contributed by atoms with E-state index in [1.807, 2.05) is 48.5 Å². The number of nitriles is 1. The molecule has 2 aromatic carbocycles. The molecule has 0 fully saturated rings. The summed E-state index contributed by atoms with van der Waals surface area (Å²) in [5.74, 6) is 0. The Bertz CT molecular complexity index is 605. The molecule has 0 bridgehead atoms. The number of ether oxygens (including phenoxy) is 1. The van der Waals surface area contributed by atoms with E-state index in [2.05, 4.69) is 27.3 Å². The molecule has 4 heteroatoms. The Hall–Kier alpha value is -1.83. The maximum atomic E-state index is 9.43. The van der Waals surface area contributed by atoms with Crippen LogP contribution in [0.4, 0.5) is 5.69 Å². The number of anilines is 1. The van der Waals surface area contributed by atoms with Crippen LogP contribution in [-0.2, 0) is 11.3 Å². The molecule has 1 unspecified atom stereocenters. The molecule has 0 spiro atoms. The SMILES string of the molecule is COCc1ccccc1C(C#N)Nc1ccc(Br)cc1. The maximum absolute atomic E-state index is 9.43. The van der Waals surface area contributed by atoms with Gasteiger partial charge in [-0.1, -0.05) is 40.2 Å². The van der Waals surface area contributed by atoms with Gasteiger partial charge >= 0.3 is 0 Å². The second kappa shape index (κ2) is 7.09. The first-order valence-corrected chi connectivity index (χ1v) is 7.02. The van der Waals surface area contributed by atoms with Crippen LogP contribution in [0.25, 0.3) is 0 Å². The predicted octanol–water partition coefficient (Wildman–Crippen LogP) is 4.27. The van der Waals surface area contributed by atoms with Crippen molar-refractivity contribution in [3.8, 4) is 6.07 Å². The molecule has 0 aliphatic heterocycles. The number of halogens is 1. The maximum Gasteiger partial charge on any atom is 0.140 e. The first kappa shape index (κ1) is 14.6. The van der Waals surface area contributed by atoms with E-state index in [-0.39, 0.29) is 0 Å². The average molecular weight is 331 g/mol. The molecular formula is C16H15BrN2O. The van der Waals surface area contributed by atoms with E-state index >= 15 is 0 Å². The number of rotatable bonds is 5. The molecule has 2 aromatic rings. The van der Waals surface area contributed by atoms with Gasteiger partial charge in [-0.25, -0.2) is 0 Å². The third-order valence-electron chi connectivity index (χ3n) is 2.95. The lowest BCUT2D eigenvalue weighted by atomic mass is 10.0. The fraction of sp³-hybridized carbons (Fsp3) is 0.188. The molecule has 0 aromatic heterocycles. The zero-order chi connectivity index (χ0) is 14.4. The predicted molar refractivity (Wildman–Crippen MR) is 83.3 cm³/mol. The van der Waals surface area contributed by atoms with Crippen molar-refractivity contribution < 1.29 is 4.74 Å². The van der Waals surface area contributed by atoms with Crippen LogP contribution in [0.5, 0.6) is 0 Å². The van der Waals surface area contributed by atoms with Crippen LogP contribution in [0, 0.1) is 11.3 Å². The van der Waals surface area contributed by atoms with Gasteiger partial charge in [0.25, 0.3) is 0 Å². The molecule has 1 N–H and O–H groups in total. The Kier molecular flexibility index (Phi) is 5.16. The first-order chi connectivity index (χ1) is 9.74. The fourth-order valence-corrected chi connectivity index (χ4v) is 2.26. The summed E-state index contributed by atoms with van der Waals surface area (Å²) in [5, 5.41) is 12.7. The first-order valence-electron chi connectivity index (χ1n) is 6.23. The minimum Gasteiger partial charge on any atom is -0.380 e. The summed E-state index contributed by atoms with van der Waals surface area (Å²) in [6, 6.07) is 17.5. The minimum atomic E-state index is -0.400. The van der Waals surface area contributed by atoms with Crippen molar-refractivity contribution in [2.75, 3.05) is 12.4 Å². The van der Waals surface area contributed by atoms with Gasteiger partial charge in [0.1, 0.15) is 6.04 Å². The highest BCUT2D eigenvalue weighted by Crippen LogP contribution is 2.24. The van der Waals surface area contributed by atoms with Crippen LogP contribution in [0.1, 0.15) is 17.2 Å². The molecule has 20 heavy (non-hydrogen) atoms. The van der Waals surface area contributed by atoms with Crippen LogP contribution in [0.3, 0.4) is 0 Å². The quantitative estimate of drug-likeness (QED) is 0.890. The lowest BCUT2D eigenvalue weighted by molar-refractivity contribution is 0.184. The highest BCUT2D eigenvalue weighted by molar-refractivity contribution is 9.10. The topological polar surface area (TPSA) is 45.0 Å². The van der Waals surface area contributed by atoms with Crippen LogP contribution >= 0.6 is 15.9 Å². The van der Waals surface area contributed by atoms with Crippen molar-refractivity contribution in [2.45, 2.75) is 12.6 Å². The Morgan fingerprint density at radius 2 is 1.90 bits per heavy atom. The highest BCUT2D eigenvalue weighted by Gasteiger charge is 2.14. The van der Waals surface area contributed by atoms with Crippen molar-refractivity contribution in [2.24, 2.45) is 0 Å². The third kappa shape index (κ3) is 3.60. The Labute approximate surface area is 127 Å². The second-order valence-electron chi connectivity index (χ2n) is 4.35. The van der Waals surface area contributed by atoms with E-state index in [0.717, 1.165) is 21.3 Å². The van der Waals surface area contributed by atoms with E-state index in [9.17, 15) is 5.26 Å². The van der Waals surface area contributed by atoms with Gasteiger partial charge < -0.3 is 10.1 Å². The van der Waals surface area contributed by atoms with Gasteiger partial charge in [-0.15, -0.1) is 0 Å². The lowest BCUT2D eigenvalue weighted by Gasteiger charge is -2.16. The molecule has 0 heterocycles. The van der Waals surface area contributed by atoms with Gasteiger partial charge in [0.2, 0.25) is 0 Å². The smallest absolute Gasteiger partial charge is 0.140 e. The van der Waals surface area contributed by atoms with E-state index < -0.39 is 6.04 Å². The Morgan fingerprint density at radius 3 is 2.55 bits per heavy atom. The zero-order valence-corrected chi connectivity index (χ0v) is 12.7. The largest absolute Gasteiger partial charge is 0.380 e. The van der Waals surface area contributed by atoms with Crippen LogP contribution in [0.15, 0.2) is 53.0 Å². The number of benzene rings is 2. The number of nitrogens with zero attached hydrogens (tertiary/aromatic N) is 1. The monoisotopic (exact) mass is 330 g/mol. The second-order valence-corrected chi connectivity index (χ2v) is 5.26. The Balaban J connectivity index is 2.24. The van der Waals surface area contributed by atoms with Gasteiger partial charge in [0, 0.05) is 17.3 Å². The van der Waals surface area contributed by atoms with E-state index in [4.69, 9.17) is 4.74 Å². The summed E-state index contributed by atoms with van der Waals surface area (Å²) in [6.45, 7) is 0.496. The van der Waals surface area contributed by atoms with Gasteiger partial charge in [0.05, 0.1) is 12.7 Å². The standard InChI is InChI=1S/C16H15BrN2O/c1-20-11-12-4-2-3-5-15(12)16(10-18)19-14-8-6-13(17)7-9-14/h2-9,16,19H,11H2,1H3. The summed E-state index contributed by atoms with van der Waals surface area (Å²) in [7, 11) is 1.65. The summed E-state index contributed by atoms with van der Waals surface area (Å²) < 4.78 is 6.20. The Morgan fingerprint density at radius 1 is 1.20 bits per heavy atom. The van der Waals surface area contributed by atoms with E-state index in [1.54, 1.807) is 7.11 Å². The normalized spacial score (nSPS) is 11.7. The molecule has 2 rings (SSSR count). The molecule has 0 aliphatic carbocycles. The zero-order valence-electron chi connectivity index (χ0n) is 11.1. The molecular weight excluding hydrogens is 316 g/mol. The number of nitrogens with one attached hydrogen (secondary N) is 1. The van der Waals surface area contributed by atoms with Gasteiger partial charge in [-0.05, 0) is 35.4 Å². The van der Waals surface area contributed by atoms with Crippen molar-refractivity contribution in [1.29, 1.82) is 5.26 Å². The summed E-state index contributed by atoms with van der Waals surface area (Å²) in [5.41, 5.74) is 2.87. The van der Waals surface area contributed by atoms with Crippen LogP contribution in [0.2, 0.25) is 0 Å². The van der Waals surface area contributed by atoms with Gasteiger partial charge in [-0.2, -0.15) is 5.26 Å². The van der Waals surface area contributed by atoms with Crippen molar-refractivity contribution >= 4 is 21.6 Å². The van der Waals surface area contributed by atoms with Crippen LogP contribution in [-0.4, -0.2) is 7.11 Å². The van der Waals surface area contributed by atoms with Crippen LogP contribution < -0.4 is 5.32 Å². The third-order valence-corrected chi connectivity index (χ3v) is 3.48. The average Bonchev–Trinajstić information content (AvgIpc) is 2.48.